The lowest BCUT2D eigenvalue weighted by Crippen LogP contribution is -2.47. The molecule has 186 valence electrons. The number of aromatic nitrogens is 2. The molecule has 14 heteroatoms. The summed E-state index contributed by atoms with van der Waals surface area (Å²) in [6, 6.07) is 10.7. The van der Waals surface area contributed by atoms with Crippen LogP contribution >= 0.6 is 23.2 Å². The van der Waals surface area contributed by atoms with Crippen molar-refractivity contribution in [2.45, 2.75) is 23.9 Å². The number of ether oxygens (including phenoxy) is 1. The van der Waals surface area contributed by atoms with Crippen LogP contribution in [0.5, 0.6) is 11.5 Å². The van der Waals surface area contributed by atoms with E-state index in [4.69, 9.17) is 33.1 Å². The number of aromatic amines is 1. The summed E-state index contributed by atoms with van der Waals surface area (Å²) >= 11 is 11.7. The van der Waals surface area contributed by atoms with E-state index in [-0.39, 0.29) is 22.9 Å². The first-order valence-electron chi connectivity index (χ1n) is 9.97. The second-order valence-electron chi connectivity index (χ2n) is 7.26. The van der Waals surface area contributed by atoms with Crippen molar-refractivity contribution in [3.8, 4) is 11.5 Å². The molecule has 1 amide bonds. The van der Waals surface area contributed by atoms with Gasteiger partial charge in [-0.3, -0.25) is 24.3 Å². The fraction of sp³-hybridized carbons (Fsp3) is 0.190. The highest BCUT2D eigenvalue weighted by atomic mass is 35.5. The Morgan fingerprint density at radius 3 is 2.49 bits per heavy atom. The van der Waals surface area contributed by atoms with E-state index in [1.807, 2.05) is 4.98 Å². The molecule has 0 saturated carbocycles. The van der Waals surface area contributed by atoms with Gasteiger partial charge in [-0.15, -0.1) is 0 Å². The Kier molecular flexibility index (Phi) is 8.35. The van der Waals surface area contributed by atoms with Crippen LogP contribution in [0.4, 0.5) is 0 Å². The van der Waals surface area contributed by atoms with Crippen molar-refractivity contribution in [3.05, 3.63) is 85.6 Å². The number of amides is 1. The molecule has 3 N–H and O–H groups in total. The number of halogens is 2. The third kappa shape index (κ3) is 6.29. The quantitative estimate of drug-likeness (QED) is 0.277. The number of carbonyl (C=O) groups excluding carboxylic acids is 1. The number of H-pyrrole nitrogens is 1. The van der Waals surface area contributed by atoms with Crippen LogP contribution in [-0.4, -0.2) is 46.5 Å². The third-order valence-corrected chi connectivity index (χ3v) is 7.38. The van der Waals surface area contributed by atoms with Crippen LogP contribution < -0.4 is 21.5 Å². The molecule has 0 fully saturated rings. The number of hydrogen-bond donors (Lipinski definition) is 3. The molecule has 1 aromatic heterocycles. The normalized spacial score (nSPS) is 12.4. The first-order valence-corrected chi connectivity index (χ1v) is 12.2. The molecular formula is C21H20Cl2N4O7S. The van der Waals surface area contributed by atoms with E-state index in [0.29, 0.717) is 16.5 Å². The molecular weight excluding hydrogens is 523 g/mol. The molecule has 1 heterocycles. The summed E-state index contributed by atoms with van der Waals surface area (Å²) in [6.07, 6.45) is 0.851. The van der Waals surface area contributed by atoms with Gasteiger partial charge in [-0.05, 0) is 48.9 Å². The second-order valence-corrected chi connectivity index (χ2v) is 10.1. The van der Waals surface area contributed by atoms with Crippen LogP contribution in [-0.2, 0) is 21.4 Å². The summed E-state index contributed by atoms with van der Waals surface area (Å²) in [6.45, 7) is -0.181. The van der Waals surface area contributed by atoms with E-state index in [2.05, 4.69) is 0 Å². The summed E-state index contributed by atoms with van der Waals surface area (Å²) in [5, 5.41) is 9.35. The minimum atomic E-state index is -4.21. The van der Waals surface area contributed by atoms with Crippen LogP contribution in [0.25, 0.3) is 0 Å². The predicted molar refractivity (Wildman–Crippen MR) is 128 cm³/mol. The molecule has 2 aromatic carbocycles. The zero-order valence-electron chi connectivity index (χ0n) is 18.1. The Morgan fingerprint density at radius 1 is 1.17 bits per heavy atom. The van der Waals surface area contributed by atoms with Crippen molar-refractivity contribution >= 4 is 39.1 Å². The SMILES string of the molecule is CN(C(CCn1cc(Cl)c(=O)[nH]c1=O)C(=O)NO)S(=O)(=O)c1ccc(Oc2cccc(Cl)c2)cc1. The van der Waals surface area contributed by atoms with Crippen molar-refractivity contribution in [1.29, 1.82) is 0 Å². The minimum Gasteiger partial charge on any atom is -0.457 e. The molecule has 0 aliphatic heterocycles. The molecule has 0 aliphatic rings. The van der Waals surface area contributed by atoms with Gasteiger partial charge in [0.15, 0.2) is 0 Å². The van der Waals surface area contributed by atoms with Crippen molar-refractivity contribution in [3.63, 3.8) is 0 Å². The summed E-state index contributed by atoms with van der Waals surface area (Å²) in [5.74, 6) is -0.198. The van der Waals surface area contributed by atoms with E-state index >= 15 is 0 Å². The molecule has 0 spiro atoms. The number of rotatable bonds is 9. The van der Waals surface area contributed by atoms with E-state index < -0.39 is 33.2 Å². The van der Waals surface area contributed by atoms with Crippen LogP contribution in [0, 0.1) is 0 Å². The van der Waals surface area contributed by atoms with Gasteiger partial charge in [0.1, 0.15) is 22.6 Å². The fourth-order valence-electron chi connectivity index (χ4n) is 3.14. The van der Waals surface area contributed by atoms with Crippen molar-refractivity contribution in [1.82, 2.24) is 19.3 Å². The lowest BCUT2D eigenvalue weighted by molar-refractivity contribution is -0.133. The number of aryl methyl sites for hydroxylation is 1. The Bertz CT molecular complexity index is 1440. The largest absolute Gasteiger partial charge is 0.457 e. The maximum Gasteiger partial charge on any atom is 0.328 e. The number of nitrogens with zero attached hydrogens (tertiary/aromatic N) is 2. The highest BCUT2D eigenvalue weighted by molar-refractivity contribution is 7.89. The Balaban J connectivity index is 1.80. The monoisotopic (exact) mass is 542 g/mol. The topological polar surface area (TPSA) is 151 Å². The average molecular weight is 543 g/mol. The number of sulfonamides is 1. The number of nitrogens with one attached hydrogen (secondary N) is 2. The van der Waals surface area contributed by atoms with Gasteiger partial charge in [-0.2, -0.15) is 4.31 Å². The molecule has 1 unspecified atom stereocenters. The number of likely N-dealkylation sites (N-methyl/N-ethyl adjacent to an activating group) is 1. The van der Waals surface area contributed by atoms with E-state index in [1.54, 1.807) is 24.3 Å². The lowest BCUT2D eigenvalue weighted by Gasteiger charge is -2.26. The maximum absolute atomic E-state index is 13.2. The van der Waals surface area contributed by atoms with Gasteiger partial charge in [-0.1, -0.05) is 29.3 Å². The van der Waals surface area contributed by atoms with Crippen LogP contribution in [0.15, 0.2) is 69.2 Å². The standard InChI is InChI=1S/C21H20Cl2N4O7S/c1-26(18(20(29)25-31)9-10-27-12-17(23)19(28)24-21(27)30)35(32,33)16-7-5-14(6-8-16)34-15-4-2-3-13(22)11-15/h2-8,11-12,18,31H,9-10H2,1H3,(H,25,29)(H,24,28,30). The maximum atomic E-state index is 13.2. The van der Waals surface area contributed by atoms with E-state index in [1.165, 1.54) is 29.7 Å². The predicted octanol–water partition coefficient (Wildman–Crippen LogP) is 2.22. The van der Waals surface area contributed by atoms with Gasteiger partial charge < -0.3 is 4.74 Å². The first-order chi connectivity index (χ1) is 16.5. The first kappa shape index (κ1) is 26.4. The molecule has 0 radical (unpaired) electrons. The smallest absolute Gasteiger partial charge is 0.328 e. The van der Waals surface area contributed by atoms with Crippen LogP contribution in [0.1, 0.15) is 6.42 Å². The molecule has 0 bridgehead atoms. The van der Waals surface area contributed by atoms with E-state index in [9.17, 15) is 22.8 Å². The van der Waals surface area contributed by atoms with Crippen molar-refractivity contribution < 1.29 is 23.2 Å². The van der Waals surface area contributed by atoms with Gasteiger partial charge in [-0.25, -0.2) is 18.7 Å². The number of carbonyl (C=O) groups is 1. The Hall–Kier alpha value is -3.16. The molecule has 0 saturated heterocycles. The van der Waals surface area contributed by atoms with Gasteiger partial charge in [0, 0.05) is 24.8 Å². The number of hydroxylamine groups is 1. The van der Waals surface area contributed by atoms with Crippen LogP contribution in [0.2, 0.25) is 10.0 Å². The molecule has 11 nitrogen and oxygen atoms in total. The molecule has 0 aliphatic carbocycles. The third-order valence-electron chi connectivity index (χ3n) is 5.00. The van der Waals surface area contributed by atoms with Crippen molar-refractivity contribution in [2.75, 3.05) is 7.05 Å². The number of hydrogen-bond acceptors (Lipinski definition) is 7. The molecule has 3 aromatic rings. The number of benzene rings is 2. The van der Waals surface area contributed by atoms with E-state index in [0.717, 1.165) is 22.1 Å². The van der Waals surface area contributed by atoms with Gasteiger partial charge in [0.2, 0.25) is 10.0 Å². The molecule has 1 atom stereocenters. The van der Waals surface area contributed by atoms with Gasteiger partial charge in [0.25, 0.3) is 11.5 Å². The van der Waals surface area contributed by atoms with Gasteiger partial charge >= 0.3 is 5.69 Å². The highest BCUT2D eigenvalue weighted by Gasteiger charge is 2.33. The second kappa shape index (κ2) is 11.1. The zero-order chi connectivity index (χ0) is 25.8. The summed E-state index contributed by atoms with van der Waals surface area (Å²) in [4.78, 5) is 37.5. The van der Waals surface area contributed by atoms with Gasteiger partial charge in [0.05, 0.1) is 4.90 Å². The fourth-order valence-corrected chi connectivity index (χ4v) is 4.84. The summed E-state index contributed by atoms with van der Waals surface area (Å²) in [5.41, 5.74) is -0.132. The molecule has 35 heavy (non-hydrogen) atoms. The Morgan fingerprint density at radius 2 is 1.86 bits per heavy atom. The van der Waals surface area contributed by atoms with Crippen LogP contribution in [0.3, 0.4) is 0 Å². The zero-order valence-corrected chi connectivity index (χ0v) is 20.5. The van der Waals surface area contributed by atoms with Crippen molar-refractivity contribution in [2.24, 2.45) is 0 Å². The summed E-state index contributed by atoms with van der Waals surface area (Å²) < 4.78 is 33.7. The summed E-state index contributed by atoms with van der Waals surface area (Å²) in [7, 11) is -3.04. The highest BCUT2D eigenvalue weighted by Crippen LogP contribution is 2.26. The molecule has 3 rings (SSSR count). The average Bonchev–Trinajstić information content (AvgIpc) is 2.82. The lowest BCUT2D eigenvalue weighted by atomic mass is 10.2. The Labute approximate surface area is 209 Å². The minimum absolute atomic E-state index is 0.140.